The van der Waals surface area contributed by atoms with Gasteiger partial charge in [0.2, 0.25) is 5.91 Å². The molecule has 29 heavy (non-hydrogen) atoms. The fourth-order valence-electron chi connectivity index (χ4n) is 3.22. The Hall–Kier alpha value is -0.900. The van der Waals surface area contributed by atoms with Gasteiger partial charge < -0.3 is 15.5 Å². The first-order chi connectivity index (χ1) is 13.2. The van der Waals surface area contributed by atoms with E-state index in [1.54, 1.807) is 30.3 Å². The molecule has 1 saturated carbocycles. The molecule has 166 valence electrons. The van der Waals surface area contributed by atoms with Crippen molar-refractivity contribution in [2.45, 2.75) is 71.3 Å². The van der Waals surface area contributed by atoms with Gasteiger partial charge in [0.15, 0.2) is 5.96 Å². The number of carbonyl (C=O) groups excluding carboxylic acids is 1. The van der Waals surface area contributed by atoms with Crippen molar-refractivity contribution in [3.05, 3.63) is 16.1 Å². The maximum Gasteiger partial charge on any atom is 0.243 e. The maximum atomic E-state index is 12.0. The lowest BCUT2D eigenvalue weighted by atomic mass is 9.86. The number of guanidine groups is 1. The zero-order chi connectivity index (χ0) is 20.7. The third-order valence-electron chi connectivity index (χ3n) is 5.17. The van der Waals surface area contributed by atoms with E-state index < -0.39 is 0 Å². The van der Waals surface area contributed by atoms with E-state index in [-0.39, 0.29) is 41.8 Å². The molecule has 2 atom stereocenters. The van der Waals surface area contributed by atoms with Crippen molar-refractivity contribution >= 4 is 47.2 Å². The van der Waals surface area contributed by atoms with Gasteiger partial charge in [-0.25, -0.2) is 9.98 Å². The van der Waals surface area contributed by atoms with Gasteiger partial charge in [0.1, 0.15) is 6.54 Å². The second-order valence-electron chi connectivity index (χ2n) is 9.04. The Morgan fingerprint density at radius 1 is 1.31 bits per heavy atom. The number of likely N-dealkylation sites (N-methyl/N-ethyl adjacent to an activating group) is 1. The average Bonchev–Trinajstić information content (AvgIpc) is 3.10. The number of nitrogens with one attached hydrogen (secondary N) is 2. The second kappa shape index (κ2) is 12.1. The summed E-state index contributed by atoms with van der Waals surface area (Å²) >= 11 is 1.73. The molecular formula is C21H38IN5OS. The molecule has 8 heteroatoms. The van der Waals surface area contributed by atoms with Gasteiger partial charge in [0.05, 0.1) is 10.7 Å². The summed E-state index contributed by atoms with van der Waals surface area (Å²) in [5, 5.41) is 10.3. The van der Waals surface area contributed by atoms with Crippen molar-refractivity contribution < 1.29 is 4.79 Å². The predicted octanol–water partition coefficient (Wildman–Crippen LogP) is 3.80. The van der Waals surface area contributed by atoms with Crippen molar-refractivity contribution in [1.29, 1.82) is 0 Å². The molecule has 0 radical (unpaired) electrons. The highest BCUT2D eigenvalue weighted by atomic mass is 127. The Kier molecular flexibility index (Phi) is 10.9. The van der Waals surface area contributed by atoms with Gasteiger partial charge in [-0.2, -0.15) is 0 Å². The summed E-state index contributed by atoms with van der Waals surface area (Å²) < 4.78 is 0. The van der Waals surface area contributed by atoms with Crippen LogP contribution in [0.15, 0.2) is 10.4 Å². The maximum absolute atomic E-state index is 12.0. The summed E-state index contributed by atoms with van der Waals surface area (Å²) in [6.07, 6.45) is 5.80. The van der Waals surface area contributed by atoms with E-state index in [0.717, 1.165) is 31.0 Å². The van der Waals surface area contributed by atoms with Crippen LogP contribution in [0.25, 0.3) is 0 Å². The number of hydrogen-bond donors (Lipinski definition) is 2. The van der Waals surface area contributed by atoms with Crippen LogP contribution < -0.4 is 10.6 Å². The van der Waals surface area contributed by atoms with Crippen molar-refractivity contribution in [1.82, 2.24) is 20.5 Å². The molecule has 2 rings (SSSR count). The van der Waals surface area contributed by atoms with Crippen molar-refractivity contribution in [3.8, 4) is 0 Å². The molecule has 0 aromatic carbocycles. The summed E-state index contributed by atoms with van der Waals surface area (Å²) in [5.74, 6) is 1.37. The zero-order valence-electron chi connectivity index (χ0n) is 18.7. The molecular weight excluding hydrogens is 497 g/mol. The van der Waals surface area contributed by atoms with Gasteiger partial charge in [-0.05, 0) is 18.8 Å². The smallest absolute Gasteiger partial charge is 0.243 e. The monoisotopic (exact) mass is 535 g/mol. The SMILES string of the molecule is CC1CCCCC1NC(=NCC(=O)N(C)C)NCCc1csc(C(C)(C)C)n1.I. The van der Waals surface area contributed by atoms with E-state index in [4.69, 9.17) is 4.98 Å². The number of rotatable bonds is 6. The summed E-state index contributed by atoms with van der Waals surface area (Å²) in [4.78, 5) is 22.8. The zero-order valence-corrected chi connectivity index (χ0v) is 21.9. The highest BCUT2D eigenvalue weighted by Crippen LogP contribution is 2.25. The van der Waals surface area contributed by atoms with Crippen LogP contribution >= 0.6 is 35.3 Å². The number of carbonyl (C=O) groups is 1. The Morgan fingerprint density at radius 2 is 2.00 bits per heavy atom. The Balaban J connectivity index is 0.00000420. The largest absolute Gasteiger partial charge is 0.356 e. The number of thiazole rings is 1. The fraction of sp³-hybridized carbons (Fsp3) is 0.762. The number of aromatic nitrogens is 1. The molecule has 0 saturated heterocycles. The first-order valence-electron chi connectivity index (χ1n) is 10.4. The molecule has 0 spiro atoms. The molecule has 0 aliphatic heterocycles. The van der Waals surface area contributed by atoms with Crippen LogP contribution in [0.5, 0.6) is 0 Å². The van der Waals surface area contributed by atoms with Gasteiger partial charge in [-0.3, -0.25) is 4.79 Å². The Labute approximate surface area is 197 Å². The van der Waals surface area contributed by atoms with Crippen molar-refractivity contribution in [3.63, 3.8) is 0 Å². The molecule has 2 unspecified atom stereocenters. The molecule has 1 aromatic rings. The second-order valence-corrected chi connectivity index (χ2v) is 9.89. The number of amides is 1. The number of aliphatic imine (C=N–C) groups is 1. The fourth-order valence-corrected chi connectivity index (χ4v) is 4.16. The molecule has 1 fully saturated rings. The standard InChI is InChI=1S/C21H37N5OS.HI/c1-15-9-7-8-10-17(15)25-20(23-13-18(27)26(5)6)22-12-11-16-14-28-19(24-16)21(2,3)4;/h14-15,17H,7-13H2,1-6H3,(H2,22,23,25);1H. The molecule has 1 aromatic heterocycles. The van der Waals surface area contributed by atoms with E-state index in [0.29, 0.717) is 12.0 Å². The quantitative estimate of drug-likeness (QED) is 0.331. The minimum atomic E-state index is 0. The normalized spacial score (nSPS) is 20.0. The molecule has 1 aliphatic carbocycles. The van der Waals surface area contributed by atoms with Crippen LogP contribution in [0.3, 0.4) is 0 Å². The lowest BCUT2D eigenvalue weighted by Gasteiger charge is -2.31. The van der Waals surface area contributed by atoms with Crippen LogP contribution in [-0.4, -0.2) is 55.0 Å². The number of hydrogen-bond acceptors (Lipinski definition) is 4. The van der Waals surface area contributed by atoms with Gasteiger partial charge in [-0.1, -0.05) is 40.5 Å². The molecule has 1 amide bonds. The minimum Gasteiger partial charge on any atom is -0.356 e. The summed E-state index contributed by atoms with van der Waals surface area (Å²) in [6, 6.07) is 0.418. The van der Waals surface area contributed by atoms with Gasteiger partial charge >= 0.3 is 0 Å². The van der Waals surface area contributed by atoms with Crippen molar-refractivity contribution in [2.24, 2.45) is 10.9 Å². The van der Waals surface area contributed by atoms with E-state index >= 15 is 0 Å². The summed E-state index contributed by atoms with van der Waals surface area (Å²) in [6.45, 7) is 9.77. The van der Waals surface area contributed by atoms with Gasteiger partial charge in [0, 0.05) is 43.9 Å². The van der Waals surface area contributed by atoms with Crippen molar-refractivity contribution in [2.75, 3.05) is 27.2 Å². The third-order valence-corrected chi connectivity index (χ3v) is 6.49. The predicted molar refractivity (Wildman–Crippen MR) is 133 cm³/mol. The molecule has 6 nitrogen and oxygen atoms in total. The molecule has 1 aliphatic rings. The lowest BCUT2D eigenvalue weighted by molar-refractivity contribution is -0.127. The minimum absolute atomic E-state index is 0. The number of nitrogens with zero attached hydrogens (tertiary/aromatic N) is 3. The van der Waals surface area contributed by atoms with E-state index in [2.05, 4.69) is 48.7 Å². The van der Waals surface area contributed by atoms with Crippen LogP contribution in [-0.2, 0) is 16.6 Å². The van der Waals surface area contributed by atoms with Crippen LogP contribution in [0.1, 0.15) is 64.1 Å². The summed E-state index contributed by atoms with van der Waals surface area (Å²) in [7, 11) is 3.52. The van der Waals surface area contributed by atoms with Crippen LogP contribution in [0, 0.1) is 5.92 Å². The highest BCUT2D eigenvalue weighted by molar-refractivity contribution is 14.0. The number of halogens is 1. The van der Waals surface area contributed by atoms with E-state index in [1.165, 1.54) is 24.3 Å². The summed E-state index contributed by atoms with van der Waals surface area (Å²) in [5.41, 5.74) is 1.20. The molecule has 2 N–H and O–H groups in total. The topological polar surface area (TPSA) is 69.6 Å². The molecule has 0 bridgehead atoms. The van der Waals surface area contributed by atoms with Gasteiger partial charge in [0.25, 0.3) is 0 Å². The Morgan fingerprint density at radius 3 is 2.59 bits per heavy atom. The lowest BCUT2D eigenvalue weighted by Crippen LogP contribution is -2.48. The molecule has 1 heterocycles. The first-order valence-corrected chi connectivity index (χ1v) is 11.2. The third kappa shape index (κ3) is 8.78. The van der Waals surface area contributed by atoms with Gasteiger partial charge in [-0.15, -0.1) is 35.3 Å². The van der Waals surface area contributed by atoms with E-state index in [9.17, 15) is 4.79 Å². The van der Waals surface area contributed by atoms with E-state index in [1.807, 2.05) is 0 Å². The Bertz CT molecular complexity index is 668. The first kappa shape index (κ1) is 26.1. The van der Waals surface area contributed by atoms with Crippen LogP contribution in [0.4, 0.5) is 0 Å². The average molecular weight is 536 g/mol. The van der Waals surface area contributed by atoms with Crippen LogP contribution in [0.2, 0.25) is 0 Å². The highest BCUT2D eigenvalue weighted by Gasteiger charge is 2.22.